The maximum Gasteiger partial charge on any atom is 0.416 e. The molecule has 4 nitrogen and oxygen atoms in total. The fraction of sp³-hybridized carbons (Fsp3) is 0.273. The highest BCUT2D eigenvalue weighted by Gasteiger charge is 2.37. The van der Waals surface area contributed by atoms with E-state index < -0.39 is 35.0 Å². The third kappa shape index (κ3) is 5.84. The Labute approximate surface area is 189 Å². The highest BCUT2D eigenvalue weighted by atomic mass is 32.1. The summed E-state index contributed by atoms with van der Waals surface area (Å²) < 4.78 is 78.4. The molecule has 176 valence electrons. The Morgan fingerprint density at radius 1 is 0.970 bits per heavy atom. The number of rotatable bonds is 6. The first-order valence-corrected chi connectivity index (χ1v) is 10.7. The lowest BCUT2D eigenvalue weighted by Gasteiger charge is -2.16. The monoisotopic (exact) mass is 487 g/mol. The molecular weight excluding hydrogens is 468 g/mol. The largest absolute Gasteiger partial charge is 0.416 e. The van der Waals surface area contributed by atoms with Gasteiger partial charge in [-0.1, -0.05) is 12.1 Å². The minimum absolute atomic E-state index is 0.0207. The Balaban J connectivity index is 1.89. The smallest absolute Gasteiger partial charge is 0.349 e. The summed E-state index contributed by atoms with van der Waals surface area (Å²) in [7, 11) is 0. The van der Waals surface area contributed by atoms with Crippen LogP contribution in [0.3, 0.4) is 0 Å². The van der Waals surface area contributed by atoms with Gasteiger partial charge in [0.15, 0.2) is 5.13 Å². The average Bonchev–Trinajstić information content (AvgIpc) is 3.23. The molecule has 0 bridgehead atoms. The van der Waals surface area contributed by atoms with Gasteiger partial charge in [0, 0.05) is 35.3 Å². The molecule has 3 rings (SSSR count). The van der Waals surface area contributed by atoms with Gasteiger partial charge in [0.25, 0.3) is 5.91 Å². The van der Waals surface area contributed by atoms with Crippen LogP contribution in [-0.4, -0.2) is 24.0 Å². The normalized spacial score (nSPS) is 12.0. The fourth-order valence-corrected chi connectivity index (χ4v) is 4.05. The molecule has 0 radical (unpaired) electrons. The first-order valence-electron chi connectivity index (χ1n) is 9.84. The lowest BCUT2D eigenvalue weighted by atomic mass is 10.0. The number of nitrogens with one attached hydrogen (secondary N) is 1. The standard InChI is InChI=1S/C22H19F6N3OS/c1-3-31(4-2)20-30-18(12-33-20)13-6-5-7-17(10-13)29-19(32)14-8-15(21(23,24)25)11-16(9-14)22(26,27)28/h5-12H,3-4H2,1-2H3,(H,29,32). The number of halogens is 6. The molecule has 0 aliphatic carbocycles. The van der Waals surface area contributed by atoms with Crippen LogP contribution in [0.5, 0.6) is 0 Å². The van der Waals surface area contributed by atoms with Crippen molar-refractivity contribution in [1.82, 2.24) is 4.98 Å². The number of nitrogens with zero attached hydrogens (tertiary/aromatic N) is 2. The zero-order valence-corrected chi connectivity index (χ0v) is 18.3. The lowest BCUT2D eigenvalue weighted by Crippen LogP contribution is -2.21. The van der Waals surface area contributed by atoms with Crippen LogP contribution < -0.4 is 10.2 Å². The van der Waals surface area contributed by atoms with Crippen LogP contribution in [0.25, 0.3) is 11.3 Å². The summed E-state index contributed by atoms with van der Waals surface area (Å²) in [5, 5.41) is 5.01. The minimum Gasteiger partial charge on any atom is -0.349 e. The van der Waals surface area contributed by atoms with Crippen molar-refractivity contribution in [2.45, 2.75) is 26.2 Å². The number of hydrogen-bond acceptors (Lipinski definition) is 4. The number of carbonyl (C=O) groups excluding carboxylic acids is 1. The van der Waals surface area contributed by atoms with Gasteiger partial charge in [-0.05, 0) is 44.2 Å². The molecule has 0 saturated heterocycles. The van der Waals surface area contributed by atoms with Gasteiger partial charge < -0.3 is 10.2 Å². The Bertz CT molecular complexity index is 1100. The van der Waals surface area contributed by atoms with Crippen molar-refractivity contribution in [3.05, 3.63) is 64.5 Å². The van der Waals surface area contributed by atoms with Gasteiger partial charge in [-0.15, -0.1) is 11.3 Å². The van der Waals surface area contributed by atoms with Gasteiger partial charge in [-0.2, -0.15) is 26.3 Å². The summed E-state index contributed by atoms with van der Waals surface area (Å²) in [5.41, 5.74) is -2.37. The van der Waals surface area contributed by atoms with E-state index in [1.165, 1.54) is 17.4 Å². The third-order valence-electron chi connectivity index (χ3n) is 4.79. The fourth-order valence-electron chi connectivity index (χ4n) is 3.08. The third-order valence-corrected chi connectivity index (χ3v) is 5.69. The van der Waals surface area contributed by atoms with Crippen molar-refractivity contribution < 1.29 is 31.1 Å². The van der Waals surface area contributed by atoms with Crippen LogP contribution in [0.15, 0.2) is 47.8 Å². The number of anilines is 2. The van der Waals surface area contributed by atoms with E-state index in [2.05, 4.69) is 15.2 Å². The van der Waals surface area contributed by atoms with Gasteiger partial charge in [0.05, 0.1) is 16.8 Å². The molecular formula is C22H19F6N3OS. The molecule has 0 spiro atoms. The van der Waals surface area contributed by atoms with Gasteiger partial charge in [0.1, 0.15) is 0 Å². The number of carbonyl (C=O) groups is 1. The van der Waals surface area contributed by atoms with Crippen molar-refractivity contribution in [2.75, 3.05) is 23.3 Å². The Kier molecular flexibility index (Phi) is 7.01. The van der Waals surface area contributed by atoms with Crippen LogP contribution in [-0.2, 0) is 12.4 Å². The van der Waals surface area contributed by atoms with Crippen LogP contribution in [0.1, 0.15) is 35.3 Å². The number of amides is 1. The molecule has 2 aromatic carbocycles. The van der Waals surface area contributed by atoms with Crippen LogP contribution in [0.4, 0.5) is 37.2 Å². The topological polar surface area (TPSA) is 45.2 Å². The van der Waals surface area contributed by atoms with E-state index >= 15 is 0 Å². The molecule has 33 heavy (non-hydrogen) atoms. The summed E-state index contributed by atoms with van der Waals surface area (Å²) >= 11 is 1.44. The van der Waals surface area contributed by atoms with Crippen molar-refractivity contribution in [3.8, 4) is 11.3 Å². The maximum atomic E-state index is 13.1. The van der Waals surface area contributed by atoms with Crippen molar-refractivity contribution in [1.29, 1.82) is 0 Å². The second-order valence-corrected chi connectivity index (χ2v) is 7.85. The van der Waals surface area contributed by atoms with Crippen LogP contribution in [0.2, 0.25) is 0 Å². The van der Waals surface area contributed by atoms with Crippen LogP contribution in [0, 0.1) is 0 Å². The molecule has 11 heteroatoms. The number of aromatic nitrogens is 1. The van der Waals surface area contributed by atoms with E-state index in [1.807, 2.05) is 19.2 Å². The van der Waals surface area contributed by atoms with Gasteiger partial charge in [-0.3, -0.25) is 4.79 Å². The average molecular weight is 487 g/mol. The van der Waals surface area contributed by atoms with E-state index in [9.17, 15) is 31.1 Å². The number of thiazole rings is 1. The molecule has 0 aliphatic rings. The first-order chi connectivity index (χ1) is 15.4. The zero-order chi connectivity index (χ0) is 24.4. The van der Waals surface area contributed by atoms with E-state index in [-0.39, 0.29) is 11.8 Å². The van der Waals surface area contributed by atoms with E-state index in [1.54, 1.807) is 18.2 Å². The van der Waals surface area contributed by atoms with Crippen molar-refractivity contribution in [2.24, 2.45) is 0 Å². The summed E-state index contributed by atoms with van der Waals surface area (Å²) in [5.74, 6) is -1.09. The Morgan fingerprint density at radius 3 is 2.12 bits per heavy atom. The summed E-state index contributed by atoms with van der Waals surface area (Å²) in [6, 6.07) is 7.15. The molecule has 1 aromatic heterocycles. The molecule has 0 fully saturated rings. The molecule has 1 heterocycles. The summed E-state index contributed by atoms with van der Waals surface area (Å²) in [6.07, 6.45) is -10.1. The molecule has 0 saturated carbocycles. The van der Waals surface area contributed by atoms with E-state index in [0.29, 0.717) is 23.4 Å². The first kappa shape index (κ1) is 24.6. The molecule has 0 atom stereocenters. The zero-order valence-electron chi connectivity index (χ0n) is 17.5. The highest BCUT2D eigenvalue weighted by molar-refractivity contribution is 7.14. The SMILES string of the molecule is CCN(CC)c1nc(-c2cccc(NC(=O)c3cc(C(F)(F)F)cc(C(F)(F)F)c3)c2)cs1. The van der Waals surface area contributed by atoms with Gasteiger partial charge >= 0.3 is 12.4 Å². The second-order valence-electron chi connectivity index (χ2n) is 7.02. The minimum atomic E-state index is -5.04. The molecule has 1 N–H and O–H groups in total. The number of hydrogen-bond donors (Lipinski definition) is 1. The predicted octanol–water partition coefficient (Wildman–Crippen LogP) is 6.95. The molecule has 0 aliphatic heterocycles. The van der Waals surface area contributed by atoms with Crippen LogP contribution >= 0.6 is 11.3 Å². The second kappa shape index (κ2) is 9.42. The summed E-state index contributed by atoms with van der Waals surface area (Å²) in [4.78, 5) is 19.1. The van der Waals surface area contributed by atoms with Gasteiger partial charge in [-0.25, -0.2) is 4.98 Å². The molecule has 1 amide bonds. The van der Waals surface area contributed by atoms with Crippen molar-refractivity contribution >= 4 is 28.1 Å². The number of alkyl halides is 6. The Hall–Kier alpha value is -3.08. The van der Waals surface area contributed by atoms with E-state index in [4.69, 9.17) is 0 Å². The lowest BCUT2D eigenvalue weighted by molar-refractivity contribution is -0.143. The Morgan fingerprint density at radius 2 is 1.58 bits per heavy atom. The summed E-state index contributed by atoms with van der Waals surface area (Å²) in [6.45, 7) is 5.55. The van der Waals surface area contributed by atoms with Gasteiger partial charge in [0.2, 0.25) is 0 Å². The van der Waals surface area contributed by atoms with E-state index in [0.717, 1.165) is 18.2 Å². The quantitative estimate of drug-likeness (QED) is 0.383. The highest BCUT2D eigenvalue weighted by Crippen LogP contribution is 2.36. The van der Waals surface area contributed by atoms with Crippen molar-refractivity contribution in [3.63, 3.8) is 0 Å². The molecule has 3 aromatic rings. The predicted molar refractivity (Wildman–Crippen MR) is 116 cm³/mol. The molecule has 0 unspecified atom stereocenters. The maximum absolute atomic E-state index is 13.1. The number of benzene rings is 2.